The molecule has 0 aliphatic carbocycles. The van der Waals surface area contributed by atoms with E-state index in [0.29, 0.717) is 13.1 Å². The number of amides is 1. The zero-order valence-electron chi connectivity index (χ0n) is 10.8. The highest BCUT2D eigenvalue weighted by Gasteiger charge is 2.09. The summed E-state index contributed by atoms with van der Waals surface area (Å²) in [6.07, 6.45) is 6.87. The van der Waals surface area contributed by atoms with Crippen molar-refractivity contribution < 1.29 is 4.79 Å². The lowest BCUT2D eigenvalue weighted by Crippen LogP contribution is -2.28. The van der Waals surface area contributed by atoms with E-state index < -0.39 is 0 Å². The van der Waals surface area contributed by atoms with Crippen LogP contribution in [0.5, 0.6) is 0 Å². The Kier molecular flexibility index (Phi) is 4.86. The molecule has 2 rings (SSSR count). The number of hydrogen-bond acceptors (Lipinski definition) is 3. The van der Waals surface area contributed by atoms with Crippen molar-refractivity contribution >= 4 is 23.3 Å². The van der Waals surface area contributed by atoms with Gasteiger partial charge in [0.25, 0.3) is 0 Å². The Labute approximate surface area is 117 Å². The topological polar surface area (TPSA) is 33.2 Å². The molecule has 0 saturated carbocycles. The summed E-state index contributed by atoms with van der Waals surface area (Å²) < 4.78 is 0. The quantitative estimate of drug-likeness (QED) is 0.783. The molecule has 0 atom stereocenters. The monoisotopic (exact) mass is 272 g/mol. The number of nitrogens with zero attached hydrogens (tertiary/aromatic N) is 2. The first kappa shape index (κ1) is 13.5. The molecule has 4 heteroatoms. The third-order valence-electron chi connectivity index (χ3n) is 2.74. The van der Waals surface area contributed by atoms with Gasteiger partial charge in [-0.1, -0.05) is 6.07 Å². The van der Waals surface area contributed by atoms with Crippen LogP contribution in [0.25, 0.3) is 6.08 Å². The van der Waals surface area contributed by atoms with Crippen molar-refractivity contribution in [2.45, 2.75) is 13.5 Å². The average Bonchev–Trinajstić information content (AvgIpc) is 2.96. The molecule has 98 valence electrons. The molecule has 0 fully saturated rings. The summed E-state index contributed by atoms with van der Waals surface area (Å²) in [5, 5.41) is 2.03. The molecule has 3 nitrogen and oxygen atoms in total. The minimum absolute atomic E-state index is 0.0349. The van der Waals surface area contributed by atoms with Crippen LogP contribution in [0.15, 0.2) is 48.1 Å². The van der Waals surface area contributed by atoms with Crippen LogP contribution in [0.3, 0.4) is 0 Å². The SMILES string of the molecule is CCN(Cc1cccs1)C(=O)/C=C/c1ccncc1. The average molecular weight is 272 g/mol. The van der Waals surface area contributed by atoms with Crippen LogP contribution in [-0.2, 0) is 11.3 Å². The first-order valence-electron chi connectivity index (χ1n) is 6.19. The fraction of sp³-hybridized carbons (Fsp3) is 0.200. The molecule has 0 unspecified atom stereocenters. The van der Waals surface area contributed by atoms with Gasteiger partial charge in [0.2, 0.25) is 5.91 Å². The van der Waals surface area contributed by atoms with Crippen molar-refractivity contribution in [3.8, 4) is 0 Å². The van der Waals surface area contributed by atoms with Gasteiger partial charge in [0.05, 0.1) is 6.54 Å². The number of pyridine rings is 1. The molecule has 0 saturated heterocycles. The van der Waals surface area contributed by atoms with Crippen molar-refractivity contribution in [2.75, 3.05) is 6.54 Å². The number of carbonyl (C=O) groups is 1. The highest BCUT2D eigenvalue weighted by molar-refractivity contribution is 7.09. The van der Waals surface area contributed by atoms with E-state index in [2.05, 4.69) is 4.98 Å². The predicted molar refractivity (Wildman–Crippen MR) is 78.7 cm³/mol. The van der Waals surface area contributed by atoms with Gasteiger partial charge in [-0.15, -0.1) is 11.3 Å². The maximum atomic E-state index is 12.1. The summed E-state index contributed by atoms with van der Waals surface area (Å²) in [7, 11) is 0. The van der Waals surface area contributed by atoms with Gasteiger partial charge < -0.3 is 4.90 Å². The van der Waals surface area contributed by atoms with Gasteiger partial charge in [0.15, 0.2) is 0 Å². The number of carbonyl (C=O) groups excluding carboxylic acids is 1. The highest BCUT2D eigenvalue weighted by atomic mass is 32.1. The molecule has 2 aromatic heterocycles. The van der Waals surface area contributed by atoms with Gasteiger partial charge >= 0.3 is 0 Å². The molecule has 2 heterocycles. The Morgan fingerprint density at radius 3 is 2.79 bits per heavy atom. The molecule has 0 aliphatic rings. The van der Waals surface area contributed by atoms with Crippen LogP contribution in [0.2, 0.25) is 0 Å². The van der Waals surface area contributed by atoms with Crippen LogP contribution in [0.4, 0.5) is 0 Å². The van der Waals surface area contributed by atoms with E-state index in [4.69, 9.17) is 0 Å². The van der Waals surface area contributed by atoms with Gasteiger partial charge in [0.1, 0.15) is 0 Å². The number of aromatic nitrogens is 1. The van der Waals surface area contributed by atoms with E-state index in [1.54, 1.807) is 29.8 Å². The summed E-state index contributed by atoms with van der Waals surface area (Å²) in [6, 6.07) is 7.80. The Balaban J connectivity index is 1.99. The summed E-state index contributed by atoms with van der Waals surface area (Å²) in [4.78, 5) is 19.1. The molecular formula is C15H16N2OS. The van der Waals surface area contributed by atoms with Crippen LogP contribution in [0, 0.1) is 0 Å². The number of likely N-dealkylation sites (N-methyl/N-ethyl adjacent to an activating group) is 1. The van der Waals surface area contributed by atoms with Crippen LogP contribution >= 0.6 is 11.3 Å². The third kappa shape index (κ3) is 4.03. The molecule has 0 spiro atoms. The standard InChI is InChI=1S/C15H16N2OS/c1-2-17(12-14-4-3-11-19-14)15(18)6-5-13-7-9-16-10-8-13/h3-11H,2,12H2,1H3/b6-5+. The fourth-order valence-electron chi connectivity index (χ4n) is 1.68. The van der Waals surface area contributed by atoms with Gasteiger partial charge in [0, 0.05) is 29.9 Å². The first-order valence-corrected chi connectivity index (χ1v) is 7.07. The summed E-state index contributed by atoms with van der Waals surface area (Å²) in [5.41, 5.74) is 0.982. The van der Waals surface area contributed by atoms with E-state index >= 15 is 0 Å². The molecule has 1 amide bonds. The van der Waals surface area contributed by atoms with Crippen molar-refractivity contribution in [1.29, 1.82) is 0 Å². The third-order valence-corrected chi connectivity index (χ3v) is 3.61. The fourth-order valence-corrected chi connectivity index (χ4v) is 2.40. The molecule has 0 aromatic carbocycles. The van der Waals surface area contributed by atoms with Crippen LogP contribution in [-0.4, -0.2) is 22.3 Å². The molecule has 19 heavy (non-hydrogen) atoms. The van der Waals surface area contributed by atoms with Gasteiger partial charge in [-0.2, -0.15) is 0 Å². The van der Waals surface area contributed by atoms with Crippen LogP contribution < -0.4 is 0 Å². The van der Waals surface area contributed by atoms with Crippen molar-refractivity contribution in [3.05, 3.63) is 58.6 Å². The second-order valence-electron chi connectivity index (χ2n) is 4.05. The van der Waals surface area contributed by atoms with Crippen LogP contribution in [0.1, 0.15) is 17.4 Å². The summed E-state index contributed by atoms with van der Waals surface area (Å²) >= 11 is 1.67. The maximum absolute atomic E-state index is 12.1. The summed E-state index contributed by atoms with van der Waals surface area (Å²) in [5.74, 6) is 0.0349. The van der Waals surface area contributed by atoms with Gasteiger partial charge in [-0.25, -0.2) is 0 Å². The van der Waals surface area contributed by atoms with Crippen molar-refractivity contribution in [3.63, 3.8) is 0 Å². The predicted octanol–water partition coefficient (Wildman–Crippen LogP) is 3.21. The van der Waals surface area contributed by atoms with Gasteiger partial charge in [-0.05, 0) is 42.1 Å². The minimum Gasteiger partial charge on any atom is -0.334 e. The Morgan fingerprint density at radius 2 is 2.16 bits per heavy atom. The Morgan fingerprint density at radius 1 is 1.37 bits per heavy atom. The molecule has 0 bridgehead atoms. The second kappa shape index (κ2) is 6.85. The number of hydrogen-bond donors (Lipinski definition) is 0. The molecule has 2 aromatic rings. The lowest BCUT2D eigenvalue weighted by atomic mass is 10.2. The zero-order chi connectivity index (χ0) is 13.5. The highest BCUT2D eigenvalue weighted by Crippen LogP contribution is 2.12. The maximum Gasteiger partial charge on any atom is 0.246 e. The van der Waals surface area contributed by atoms with E-state index in [9.17, 15) is 4.79 Å². The smallest absolute Gasteiger partial charge is 0.246 e. The normalized spacial score (nSPS) is 10.8. The second-order valence-corrected chi connectivity index (χ2v) is 5.08. The number of thiophene rings is 1. The Hall–Kier alpha value is -1.94. The molecule has 0 aliphatic heterocycles. The first-order chi connectivity index (χ1) is 9.29. The molecule has 0 radical (unpaired) electrons. The Bertz CT molecular complexity index is 535. The largest absolute Gasteiger partial charge is 0.334 e. The lowest BCUT2D eigenvalue weighted by molar-refractivity contribution is -0.126. The zero-order valence-corrected chi connectivity index (χ0v) is 11.6. The van der Waals surface area contributed by atoms with E-state index in [1.165, 1.54) is 4.88 Å². The van der Waals surface area contributed by atoms with E-state index in [1.807, 2.05) is 47.5 Å². The van der Waals surface area contributed by atoms with Gasteiger partial charge in [-0.3, -0.25) is 9.78 Å². The van der Waals surface area contributed by atoms with E-state index in [0.717, 1.165) is 5.56 Å². The lowest BCUT2D eigenvalue weighted by Gasteiger charge is -2.18. The molecule has 0 N–H and O–H groups in total. The minimum atomic E-state index is 0.0349. The van der Waals surface area contributed by atoms with Crippen molar-refractivity contribution in [2.24, 2.45) is 0 Å². The van der Waals surface area contributed by atoms with Crippen molar-refractivity contribution in [1.82, 2.24) is 9.88 Å². The number of rotatable bonds is 5. The molecular weight excluding hydrogens is 256 g/mol. The summed E-state index contributed by atoms with van der Waals surface area (Å²) in [6.45, 7) is 3.37. The van der Waals surface area contributed by atoms with E-state index in [-0.39, 0.29) is 5.91 Å².